The van der Waals surface area contributed by atoms with E-state index < -0.39 is 0 Å². The number of amides is 1. The standard InChI is InChI=1S/C21H23N5O2/c1-13-4-5-16(22)10-17(13)15-8-18(21(28)24-11-15)14-6-7-23-19(9-14)25-20(27)12-26(2)3/h4-11H,12,22H2,1-3H3,(H,24,28)(H,23,25,27). The molecule has 7 heteroatoms. The van der Waals surface area contributed by atoms with Gasteiger partial charge >= 0.3 is 0 Å². The van der Waals surface area contributed by atoms with E-state index in [1.807, 2.05) is 45.3 Å². The SMILES string of the molecule is Cc1ccc(N)cc1-c1c[nH]c(=O)c(-c2ccnc(NC(=O)CN(C)C)c2)c1. The molecule has 0 unspecified atom stereocenters. The number of H-pyrrole nitrogens is 1. The van der Waals surface area contributed by atoms with Gasteiger partial charge < -0.3 is 20.9 Å². The van der Waals surface area contributed by atoms with Crippen molar-refractivity contribution in [3.8, 4) is 22.3 Å². The number of rotatable bonds is 5. The number of nitrogens with one attached hydrogen (secondary N) is 2. The van der Waals surface area contributed by atoms with E-state index in [-0.39, 0.29) is 18.0 Å². The molecule has 3 rings (SSSR count). The molecule has 0 saturated carbocycles. The second-order valence-electron chi connectivity index (χ2n) is 6.92. The number of aryl methyl sites for hydroxylation is 1. The van der Waals surface area contributed by atoms with E-state index in [0.29, 0.717) is 22.6 Å². The third kappa shape index (κ3) is 4.44. The Kier molecular flexibility index (Phi) is 5.56. The predicted molar refractivity (Wildman–Crippen MR) is 112 cm³/mol. The summed E-state index contributed by atoms with van der Waals surface area (Å²) in [5, 5.41) is 2.75. The Bertz CT molecular complexity index is 1070. The van der Waals surface area contributed by atoms with Gasteiger partial charge in [0.1, 0.15) is 5.82 Å². The number of likely N-dealkylation sites (N-methyl/N-ethyl adjacent to an activating group) is 1. The molecule has 1 aromatic carbocycles. The minimum Gasteiger partial charge on any atom is -0.399 e. The number of nitrogen functional groups attached to an aromatic ring is 1. The number of nitrogens with zero attached hydrogens (tertiary/aromatic N) is 2. The Balaban J connectivity index is 1.98. The molecule has 0 aliphatic heterocycles. The van der Waals surface area contributed by atoms with Crippen LogP contribution in [0.5, 0.6) is 0 Å². The second-order valence-corrected chi connectivity index (χ2v) is 6.92. The first-order valence-electron chi connectivity index (χ1n) is 8.84. The van der Waals surface area contributed by atoms with Gasteiger partial charge in [-0.25, -0.2) is 4.98 Å². The number of carbonyl (C=O) groups excluding carboxylic acids is 1. The third-order valence-corrected chi connectivity index (χ3v) is 4.27. The van der Waals surface area contributed by atoms with Crippen LogP contribution in [0.3, 0.4) is 0 Å². The number of nitrogens with two attached hydrogens (primary N) is 1. The van der Waals surface area contributed by atoms with Gasteiger partial charge in [0.2, 0.25) is 5.91 Å². The largest absolute Gasteiger partial charge is 0.399 e. The average Bonchev–Trinajstić information content (AvgIpc) is 2.64. The smallest absolute Gasteiger partial charge is 0.255 e. The van der Waals surface area contributed by atoms with Gasteiger partial charge in [0.05, 0.1) is 6.54 Å². The molecule has 0 aliphatic carbocycles. The van der Waals surface area contributed by atoms with Crippen molar-refractivity contribution in [2.75, 3.05) is 31.7 Å². The minimum absolute atomic E-state index is 0.173. The van der Waals surface area contributed by atoms with Gasteiger partial charge in [-0.15, -0.1) is 0 Å². The number of hydrogen-bond donors (Lipinski definition) is 3. The fraction of sp³-hybridized carbons (Fsp3) is 0.190. The first-order valence-corrected chi connectivity index (χ1v) is 8.84. The Morgan fingerprint density at radius 2 is 1.93 bits per heavy atom. The van der Waals surface area contributed by atoms with Gasteiger partial charge in [-0.05, 0) is 73.6 Å². The number of carbonyl (C=O) groups is 1. The molecule has 1 amide bonds. The summed E-state index contributed by atoms with van der Waals surface area (Å²) in [7, 11) is 3.62. The predicted octanol–water partition coefficient (Wildman–Crippen LogP) is 2.49. The van der Waals surface area contributed by atoms with Gasteiger partial charge in [0, 0.05) is 23.6 Å². The zero-order chi connectivity index (χ0) is 20.3. The molecule has 7 nitrogen and oxygen atoms in total. The van der Waals surface area contributed by atoms with Crippen molar-refractivity contribution in [2.45, 2.75) is 6.92 Å². The summed E-state index contributed by atoms with van der Waals surface area (Å²) in [6, 6.07) is 10.9. The molecular formula is C21H23N5O2. The van der Waals surface area contributed by atoms with Crippen molar-refractivity contribution >= 4 is 17.4 Å². The molecule has 0 atom stereocenters. The zero-order valence-corrected chi connectivity index (χ0v) is 16.1. The van der Waals surface area contributed by atoms with E-state index in [4.69, 9.17) is 5.73 Å². The van der Waals surface area contributed by atoms with Crippen LogP contribution < -0.4 is 16.6 Å². The fourth-order valence-electron chi connectivity index (χ4n) is 2.94. The molecular weight excluding hydrogens is 354 g/mol. The van der Waals surface area contributed by atoms with Crippen LogP contribution in [-0.4, -0.2) is 41.4 Å². The van der Waals surface area contributed by atoms with Gasteiger partial charge in [0.25, 0.3) is 5.56 Å². The van der Waals surface area contributed by atoms with Gasteiger partial charge in [0.15, 0.2) is 0 Å². The second kappa shape index (κ2) is 8.06. The molecule has 0 aliphatic rings. The van der Waals surface area contributed by atoms with E-state index in [2.05, 4.69) is 15.3 Å². The topological polar surface area (TPSA) is 104 Å². The van der Waals surface area contributed by atoms with Gasteiger partial charge in [-0.2, -0.15) is 0 Å². The number of aromatic nitrogens is 2. The van der Waals surface area contributed by atoms with Crippen LogP contribution in [0.4, 0.5) is 11.5 Å². The highest BCUT2D eigenvalue weighted by atomic mass is 16.2. The first-order chi connectivity index (χ1) is 13.3. The molecule has 144 valence electrons. The molecule has 3 aromatic rings. The first kappa shape index (κ1) is 19.3. The quantitative estimate of drug-likeness (QED) is 0.593. The number of hydrogen-bond acceptors (Lipinski definition) is 5. The average molecular weight is 377 g/mol. The molecule has 2 heterocycles. The Hall–Kier alpha value is -3.45. The van der Waals surface area contributed by atoms with Crippen LogP contribution in [-0.2, 0) is 4.79 Å². The van der Waals surface area contributed by atoms with Gasteiger partial charge in [-0.1, -0.05) is 6.07 Å². The fourth-order valence-corrected chi connectivity index (χ4v) is 2.94. The zero-order valence-electron chi connectivity index (χ0n) is 16.1. The molecule has 0 fully saturated rings. The van der Waals surface area contributed by atoms with Crippen molar-refractivity contribution in [1.82, 2.24) is 14.9 Å². The molecule has 0 bridgehead atoms. The lowest BCUT2D eigenvalue weighted by Gasteiger charge is -2.11. The number of pyridine rings is 2. The van der Waals surface area contributed by atoms with Crippen LogP contribution in [0, 0.1) is 6.92 Å². The Morgan fingerprint density at radius 3 is 2.68 bits per heavy atom. The Morgan fingerprint density at radius 1 is 1.14 bits per heavy atom. The van der Waals surface area contributed by atoms with Crippen molar-refractivity contribution in [2.24, 2.45) is 0 Å². The lowest BCUT2D eigenvalue weighted by molar-refractivity contribution is -0.116. The summed E-state index contributed by atoms with van der Waals surface area (Å²) in [5.41, 5.74) is 10.4. The molecule has 0 radical (unpaired) electrons. The molecule has 0 spiro atoms. The maximum atomic E-state index is 12.4. The highest BCUT2D eigenvalue weighted by Gasteiger charge is 2.11. The van der Waals surface area contributed by atoms with Crippen LogP contribution in [0.2, 0.25) is 0 Å². The summed E-state index contributed by atoms with van der Waals surface area (Å²) >= 11 is 0. The van der Waals surface area contributed by atoms with Crippen molar-refractivity contribution in [3.05, 3.63) is 64.7 Å². The summed E-state index contributed by atoms with van der Waals surface area (Å²) in [5.74, 6) is 0.224. The molecule has 4 N–H and O–H groups in total. The van der Waals surface area contributed by atoms with Crippen LogP contribution >= 0.6 is 0 Å². The summed E-state index contributed by atoms with van der Waals surface area (Å²) in [6.07, 6.45) is 3.24. The highest BCUT2D eigenvalue weighted by Crippen LogP contribution is 2.28. The normalized spacial score (nSPS) is 10.9. The lowest BCUT2D eigenvalue weighted by atomic mass is 9.98. The molecule has 0 saturated heterocycles. The molecule has 28 heavy (non-hydrogen) atoms. The number of anilines is 2. The van der Waals surface area contributed by atoms with E-state index in [1.54, 1.807) is 29.4 Å². The van der Waals surface area contributed by atoms with Gasteiger partial charge in [-0.3, -0.25) is 9.59 Å². The number of aromatic amines is 1. The monoisotopic (exact) mass is 377 g/mol. The minimum atomic E-state index is -0.220. The van der Waals surface area contributed by atoms with E-state index in [1.165, 1.54) is 0 Å². The summed E-state index contributed by atoms with van der Waals surface area (Å²) in [6.45, 7) is 2.24. The van der Waals surface area contributed by atoms with Crippen molar-refractivity contribution in [3.63, 3.8) is 0 Å². The van der Waals surface area contributed by atoms with Crippen molar-refractivity contribution < 1.29 is 4.79 Å². The summed E-state index contributed by atoms with van der Waals surface area (Å²) in [4.78, 5) is 33.1. The summed E-state index contributed by atoms with van der Waals surface area (Å²) < 4.78 is 0. The van der Waals surface area contributed by atoms with E-state index >= 15 is 0 Å². The van der Waals surface area contributed by atoms with E-state index in [9.17, 15) is 9.59 Å². The third-order valence-electron chi connectivity index (χ3n) is 4.27. The number of benzene rings is 1. The van der Waals surface area contributed by atoms with Crippen LogP contribution in [0.1, 0.15) is 5.56 Å². The van der Waals surface area contributed by atoms with Crippen LogP contribution in [0.15, 0.2) is 53.6 Å². The highest BCUT2D eigenvalue weighted by molar-refractivity contribution is 5.92. The lowest BCUT2D eigenvalue weighted by Crippen LogP contribution is -2.27. The molecule has 2 aromatic heterocycles. The van der Waals surface area contributed by atoms with Crippen molar-refractivity contribution in [1.29, 1.82) is 0 Å². The Labute approximate surface area is 163 Å². The maximum absolute atomic E-state index is 12.4. The van der Waals surface area contributed by atoms with E-state index in [0.717, 1.165) is 16.7 Å². The maximum Gasteiger partial charge on any atom is 0.255 e. The van der Waals surface area contributed by atoms with Crippen LogP contribution in [0.25, 0.3) is 22.3 Å².